The molecule has 0 spiro atoms. The molecule has 2 N–H and O–H groups in total. The summed E-state index contributed by atoms with van der Waals surface area (Å²) in [6, 6.07) is 11.4. The van der Waals surface area contributed by atoms with E-state index in [1.54, 1.807) is 12.3 Å². The minimum Gasteiger partial charge on any atom is -0.457 e. The van der Waals surface area contributed by atoms with E-state index >= 15 is 0 Å². The van der Waals surface area contributed by atoms with E-state index < -0.39 is 0 Å². The molecule has 0 unspecified atom stereocenters. The number of anilines is 1. The molecule has 0 aliphatic carbocycles. The van der Waals surface area contributed by atoms with Gasteiger partial charge in [-0.05, 0) is 19.1 Å². The van der Waals surface area contributed by atoms with Gasteiger partial charge in [0.05, 0.1) is 5.52 Å². The van der Waals surface area contributed by atoms with Crippen LogP contribution >= 0.6 is 11.3 Å². The number of pyridine rings is 1. The summed E-state index contributed by atoms with van der Waals surface area (Å²) in [5.74, 6) is -0.354. The lowest BCUT2D eigenvalue weighted by Gasteiger charge is -2.06. The number of ether oxygens (including phenoxy) is 1. The highest BCUT2D eigenvalue weighted by Gasteiger charge is 2.13. The molecule has 0 aliphatic rings. The third-order valence-corrected chi connectivity index (χ3v) is 4.28. The van der Waals surface area contributed by atoms with E-state index in [4.69, 9.17) is 10.5 Å². The second-order valence-electron chi connectivity index (χ2n) is 4.69. The molecule has 0 saturated heterocycles. The molecule has 0 radical (unpaired) electrons. The highest BCUT2D eigenvalue weighted by molar-refractivity contribution is 7.14. The number of fused-ring (bicyclic) bond motifs is 1. The van der Waals surface area contributed by atoms with Crippen molar-refractivity contribution in [2.24, 2.45) is 0 Å². The standard InChI is InChI=1S/C16H14N2O2S/c1-10-13(17)8-14(21-10)16(19)20-9-12-5-2-4-11-6-3-7-18-15(11)12/h2-8H,9,17H2,1H3. The van der Waals surface area contributed by atoms with Crippen LogP contribution in [0.4, 0.5) is 5.69 Å². The minimum absolute atomic E-state index is 0.198. The Bertz CT molecular complexity index is 786. The summed E-state index contributed by atoms with van der Waals surface area (Å²) in [5, 5.41) is 1.03. The van der Waals surface area contributed by atoms with Crippen LogP contribution in [0.15, 0.2) is 42.6 Å². The molecule has 0 aliphatic heterocycles. The van der Waals surface area contributed by atoms with Crippen LogP contribution in [0.5, 0.6) is 0 Å². The Morgan fingerprint density at radius 2 is 2.14 bits per heavy atom. The largest absolute Gasteiger partial charge is 0.457 e. The number of rotatable bonds is 3. The van der Waals surface area contributed by atoms with Crippen LogP contribution in [-0.4, -0.2) is 11.0 Å². The van der Waals surface area contributed by atoms with Gasteiger partial charge in [0.1, 0.15) is 11.5 Å². The van der Waals surface area contributed by atoms with Gasteiger partial charge >= 0.3 is 5.97 Å². The van der Waals surface area contributed by atoms with Crippen molar-refractivity contribution in [3.63, 3.8) is 0 Å². The van der Waals surface area contributed by atoms with Crippen LogP contribution in [0, 0.1) is 6.92 Å². The molecule has 1 aromatic carbocycles. The van der Waals surface area contributed by atoms with Crippen molar-refractivity contribution in [1.82, 2.24) is 4.98 Å². The zero-order valence-electron chi connectivity index (χ0n) is 11.5. The van der Waals surface area contributed by atoms with Gasteiger partial charge in [-0.2, -0.15) is 0 Å². The Morgan fingerprint density at radius 1 is 1.33 bits per heavy atom. The van der Waals surface area contributed by atoms with Crippen molar-refractivity contribution in [3.8, 4) is 0 Å². The first-order valence-corrected chi connectivity index (χ1v) is 7.32. The fourth-order valence-electron chi connectivity index (χ4n) is 2.10. The smallest absolute Gasteiger partial charge is 0.348 e. The van der Waals surface area contributed by atoms with Gasteiger partial charge in [0.15, 0.2) is 0 Å². The number of hydrogen-bond donors (Lipinski definition) is 1. The molecular formula is C16H14N2O2S. The molecule has 0 bridgehead atoms. The summed E-state index contributed by atoms with van der Waals surface area (Å²) in [4.78, 5) is 17.8. The predicted molar refractivity (Wildman–Crippen MR) is 84.3 cm³/mol. The number of nitrogens with zero attached hydrogens (tertiary/aromatic N) is 1. The predicted octanol–water partition coefficient (Wildman–Crippen LogP) is 3.54. The van der Waals surface area contributed by atoms with Gasteiger partial charge in [-0.3, -0.25) is 4.98 Å². The van der Waals surface area contributed by atoms with E-state index in [1.165, 1.54) is 11.3 Å². The van der Waals surface area contributed by atoms with Crippen molar-refractivity contribution in [2.75, 3.05) is 5.73 Å². The van der Waals surface area contributed by atoms with Crippen LogP contribution in [0.1, 0.15) is 20.1 Å². The number of aromatic nitrogens is 1. The molecule has 0 atom stereocenters. The molecule has 0 amide bonds. The lowest BCUT2D eigenvalue weighted by molar-refractivity contribution is 0.0480. The Morgan fingerprint density at radius 3 is 2.90 bits per heavy atom. The zero-order chi connectivity index (χ0) is 14.8. The number of nitrogen functional groups attached to an aromatic ring is 1. The summed E-state index contributed by atoms with van der Waals surface area (Å²) in [6.45, 7) is 2.08. The van der Waals surface area contributed by atoms with E-state index in [9.17, 15) is 4.79 Å². The number of aryl methyl sites for hydroxylation is 1. The van der Waals surface area contributed by atoms with Crippen LogP contribution in [0.3, 0.4) is 0 Å². The van der Waals surface area contributed by atoms with Crippen LogP contribution in [0.25, 0.3) is 10.9 Å². The van der Waals surface area contributed by atoms with E-state index in [1.807, 2.05) is 37.3 Å². The summed E-state index contributed by atoms with van der Waals surface area (Å²) in [6.07, 6.45) is 1.73. The molecule has 106 valence electrons. The number of esters is 1. The van der Waals surface area contributed by atoms with E-state index in [-0.39, 0.29) is 12.6 Å². The van der Waals surface area contributed by atoms with Crippen molar-refractivity contribution in [1.29, 1.82) is 0 Å². The maximum Gasteiger partial charge on any atom is 0.348 e. The van der Waals surface area contributed by atoms with Crippen molar-refractivity contribution in [2.45, 2.75) is 13.5 Å². The van der Waals surface area contributed by atoms with Gasteiger partial charge in [-0.25, -0.2) is 4.79 Å². The van der Waals surface area contributed by atoms with E-state index in [0.717, 1.165) is 21.3 Å². The highest BCUT2D eigenvalue weighted by atomic mass is 32.1. The Balaban J connectivity index is 1.79. The lowest BCUT2D eigenvalue weighted by atomic mass is 10.1. The Kier molecular flexibility index (Phi) is 3.58. The first kappa shape index (κ1) is 13.6. The Labute approximate surface area is 126 Å². The first-order chi connectivity index (χ1) is 10.1. The first-order valence-electron chi connectivity index (χ1n) is 6.51. The summed E-state index contributed by atoms with van der Waals surface area (Å²) < 4.78 is 5.37. The quantitative estimate of drug-likeness (QED) is 0.751. The summed E-state index contributed by atoms with van der Waals surface area (Å²) in [5.41, 5.74) is 8.12. The second kappa shape index (κ2) is 5.54. The van der Waals surface area contributed by atoms with Crippen LogP contribution < -0.4 is 5.73 Å². The fourth-order valence-corrected chi connectivity index (χ4v) is 2.93. The van der Waals surface area contributed by atoms with Crippen molar-refractivity contribution < 1.29 is 9.53 Å². The van der Waals surface area contributed by atoms with E-state index in [0.29, 0.717) is 10.6 Å². The number of carbonyl (C=O) groups is 1. The van der Waals surface area contributed by atoms with Gasteiger partial charge in [-0.15, -0.1) is 11.3 Å². The minimum atomic E-state index is -0.354. The van der Waals surface area contributed by atoms with Gasteiger partial charge in [0.2, 0.25) is 0 Å². The normalized spacial score (nSPS) is 10.7. The molecule has 21 heavy (non-hydrogen) atoms. The number of para-hydroxylation sites is 1. The Hall–Kier alpha value is -2.40. The SMILES string of the molecule is Cc1sc(C(=O)OCc2cccc3cccnc23)cc1N. The second-order valence-corrected chi connectivity index (χ2v) is 5.95. The molecular weight excluding hydrogens is 284 g/mol. The van der Waals surface area contributed by atoms with Crippen LogP contribution in [0.2, 0.25) is 0 Å². The molecule has 2 heterocycles. The molecule has 0 saturated carbocycles. The third kappa shape index (κ3) is 2.73. The van der Waals surface area contributed by atoms with Crippen molar-refractivity contribution >= 4 is 33.9 Å². The van der Waals surface area contributed by atoms with Crippen molar-refractivity contribution in [3.05, 3.63) is 57.9 Å². The number of hydrogen-bond acceptors (Lipinski definition) is 5. The topological polar surface area (TPSA) is 65.2 Å². The number of thiophene rings is 1. The number of carbonyl (C=O) groups excluding carboxylic acids is 1. The van der Waals surface area contributed by atoms with Crippen LogP contribution in [-0.2, 0) is 11.3 Å². The molecule has 2 aromatic heterocycles. The average molecular weight is 298 g/mol. The maximum atomic E-state index is 12.0. The van der Waals surface area contributed by atoms with Gasteiger partial charge < -0.3 is 10.5 Å². The molecule has 3 rings (SSSR count). The van der Waals surface area contributed by atoms with E-state index in [2.05, 4.69) is 4.98 Å². The zero-order valence-corrected chi connectivity index (χ0v) is 12.3. The average Bonchev–Trinajstić information content (AvgIpc) is 2.84. The molecule has 5 heteroatoms. The molecule has 4 nitrogen and oxygen atoms in total. The van der Waals surface area contributed by atoms with Gasteiger partial charge in [0, 0.05) is 27.7 Å². The highest BCUT2D eigenvalue weighted by Crippen LogP contribution is 2.24. The van der Waals surface area contributed by atoms with Gasteiger partial charge in [-0.1, -0.05) is 24.3 Å². The maximum absolute atomic E-state index is 12.0. The fraction of sp³-hybridized carbons (Fsp3) is 0.125. The number of nitrogens with two attached hydrogens (primary N) is 1. The summed E-state index contributed by atoms with van der Waals surface area (Å²) >= 11 is 1.35. The molecule has 3 aromatic rings. The molecule has 0 fully saturated rings. The third-order valence-electron chi connectivity index (χ3n) is 3.23. The lowest BCUT2D eigenvalue weighted by Crippen LogP contribution is -2.04. The van der Waals surface area contributed by atoms with Gasteiger partial charge in [0.25, 0.3) is 0 Å². The number of benzene rings is 1. The summed E-state index contributed by atoms with van der Waals surface area (Å²) in [7, 11) is 0. The monoisotopic (exact) mass is 298 g/mol.